The lowest BCUT2D eigenvalue weighted by Crippen LogP contribution is -2.35. The Labute approximate surface area is 205 Å². The van der Waals surface area contributed by atoms with Gasteiger partial charge in [0.1, 0.15) is 22.5 Å². The summed E-state index contributed by atoms with van der Waals surface area (Å²) in [5.74, 6) is 0.341. The summed E-state index contributed by atoms with van der Waals surface area (Å²) in [7, 11) is 0. The molecule has 2 aromatic heterocycles. The summed E-state index contributed by atoms with van der Waals surface area (Å²) < 4.78 is 3.60. The summed E-state index contributed by atoms with van der Waals surface area (Å²) in [5, 5.41) is 44.4. The second-order valence-electron chi connectivity index (χ2n) is 8.32. The number of hydrogen-bond acceptors (Lipinski definition) is 8. The number of phenolic OH excluding ortho intramolecular Hbond substituents is 2. The predicted octanol–water partition coefficient (Wildman–Crippen LogP) is 4.51. The van der Waals surface area contributed by atoms with Crippen molar-refractivity contribution >= 4 is 33.4 Å². The van der Waals surface area contributed by atoms with Gasteiger partial charge in [0.2, 0.25) is 0 Å². The molecule has 2 unspecified atom stereocenters. The van der Waals surface area contributed by atoms with Gasteiger partial charge in [0, 0.05) is 11.4 Å². The van der Waals surface area contributed by atoms with Crippen molar-refractivity contribution in [1.29, 1.82) is 0 Å². The Morgan fingerprint density at radius 1 is 0.528 bits per heavy atom. The van der Waals surface area contributed by atoms with Crippen LogP contribution in [0.25, 0.3) is 22.1 Å². The fourth-order valence-corrected chi connectivity index (χ4v) is 4.19. The van der Waals surface area contributed by atoms with Crippen LogP contribution in [0.1, 0.15) is 12.3 Å². The first-order chi connectivity index (χ1) is 17.7. The van der Waals surface area contributed by atoms with Gasteiger partial charge in [0.25, 0.3) is 0 Å². The SMILES string of the molecule is Oc1ccc(NC(C(Nc2ccc(O)cc2)n2nnc3ccccc32)n2nnc3ccccc32)cc1. The van der Waals surface area contributed by atoms with Crippen LogP contribution < -0.4 is 10.6 Å². The van der Waals surface area contributed by atoms with E-state index in [0.717, 1.165) is 33.4 Å². The van der Waals surface area contributed by atoms with Crippen molar-refractivity contribution in [3.05, 3.63) is 97.1 Å². The molecule has 0 aliphatic heterocycles. The van der Waals surface area contributed by atoms with E-state index >= 15 is 0 Å². The quantitative estimate of drug-likeness (QED) is 0.247. The number of rotatable bonds is 7. The molecule has 0 bridgehead atoms. The second-order valence-corrected chi connectivity index (χ2v) is 8.32. The first-order valence-corrected chi connectivity index (χ1v) is 11.4. The van der Waals surface area contributed by atoms with Gasteiger partial charge in [-0.1, -0.05) is 34.7 Å². The summed E-state index contributed by atoms with van der Waals surface area (Å²) in [4.78, 5) is 0. The molecule has 36 heavy (non-hydrogen) atoms. The Balaban J connectivity index is 1.53. The van der Waals surface area contributed by atoms with Gasteiger partial charge in [-0.25, -0.2) is 9.36 Å². The van der Waals surface area contributed by atoms with Gasteiger partial charge in [-0.05, 0) is 72.8 Å². The predicted molar refractivity (Wildman–Crippen MR) is 137 cm³/mol. The van der Waals surface area contributed by atoms with Crippen LogP contribution in [0.2, 0.25) is 0 Å². The maximum absolute atomic E-state index is 9.80. The van der Waals surface area contributed by atoms with Gasteiger partial charge in [-0.3, -0.25) is 0 Å². The lowest BCUT2D eigenvalue weighted by Gasteiger charge is -2.31. The van der Waals surface area contributed by atoms with Crippen LogP contribution in [-0.2, 0) is 0 Å². The Kier molecular flexibility index (Phi) is 5.30. The van der Waals surface area contributed by atoms with Crippen molar-refractivity contribution in [2.24, 2.45) is 0 Å². The van der Waals surface area contributed by atoms with Crippen molar-refractivity contribution in [2.45, 2.75) is 12.3 Å². The first-order valence-electron chi connectivity index (χ1n) is 11.4. The molecule has 178 valence electrons. The maximum atomic E-state index is 9.80. The van der Waals surface area contributed by atoms with E-state index in [1.807, 2.05) is 48.5 Å². The molecule has 6 aromatic rings. The van der Waals surface area contributed by atoms with Crippen LogP contribution in [0, 0.1) is 0 Å². The highest BCUT2D eigenvalue weighted by Crippen LogP contribution is 2.32. The number of fused-ring (bicyclic) bond motifs is 2. The number of benzene rings is 4. The third kappa shape index (κ3) is 4.00. The molecule has 0 fully saturated rings. The van der Waals surface area contributed by atoms with Gasteiger partial charge in [0.15, 0.2) is 12.3 Å². The molecule has 10 nitrogen and oxygen atoms in total. The van der Waals surface area contributed by atoms with E-state index in [4.69, 9.17) is 0 Å². The minimum atomic E-state index is -0.541. The number of para-hydroxylation sites is 2. The topological polar surface area (TPSA) is 126 Å². The van der Waals surface area contributed by atoms with Crippen LogP contribution in [-0.4, -0.2) is 40.2 Å². The number of anilines is 2. The zero-order chi connectivity index (χ0) is 24.5. The van der Waals surface area contributed by atoms with Gasteiger partial charge in [0.05, 0.1) is 11.0 Å². The maximum Gasteiger partial charge on any atom is 0.164 e. The molecule has 0 amide bonds. The van der Waals surface area contributed by atoms with Crippen molar-refractivity contribution in [3.8, 4) is 11.5 Å². The van der Waals surface area contributed by atoms with Crippen LogP contribution in [0.4, 0.5) is 11.4 Å². The first kappa shape index (κ1) is 21.4. The van der Waals surface area contributed by atoms with Crippen molar-refractivity contribution in [2.75, 3.05) is 10.6 Å². The lowest BCUT2D eigenvalue weighted by atomic mass is 10.2. The Morgan fingerprint density at radius 3 is 1.33 bits per heavy atom. The molecule has 4 aromatic carbocycles. The highest BCUT2D eigenvalue weighted by Gasteiger charge is 2.30. The normalized spacial score (nSPS) is 13.0. The van der Waals surface area contributed by atoms with E-state index in [2.05, 4.69) is 31.3 Å². The number of aromatic hydroxyl groups is 2. The van der Waals surface area contributed by atoms with Crippen LogP contribution in [0.3, 0.4) is 0 Å². The minimum absolute atomic E-state index is 0.171. The molecule has 0 radical (unpaired) electrons. The monoisotopic (exact) mass is 478 g/mol. The van der Waals surface area contributed by atoms with Crippen molar-refractivity contribution < 1.29 is 10.2 Å². The van der Waals surface area contributed by atoms with E-state index in [1.165, 1.54) is 0 Å². The Morgan fingerprint density at radius 2 is 0.917 bits per heavy atom. The van der Waals surface area contributed by atoms with Gasteiger partial charge < -0.3 is 20.8 Å². The largest absolute Gasteiger partial charge is 0.508 e. The zero-order valence-corrected chi connectivity index (χ0v) is 19.0. The molecule has 0 saturated carbocycles. The van der Waals surface area contributed by atoms with Crippen LogP contribution in [0.15, 0.2) is 97.1 Å². The standard InChI is InChI=1S/C26H22N8O2/c35-19-13-9-17(10-14-19)27-25(33-23-7-3-1-5-21(23)29-31-33)26(28-18-11-15-20(36)16-12-18)34-24-8-4-2-6-22(24)30-32-34/h1-16,25-28,35-36H. The molecule has 0 aliphatic rings. The third-order valence-electron chi connectivity index (χ3n) is 5.94. The number of nitrogens with zero attached hydrogens (tertiary/aromatic N) is 6. The number of nitrogens with one attached hydrogen (secondary N) is 2. The highest BCUT2D eigenvalue weighted by molar-refractivity contribution is 5.75. The molecular weight excluding hydrogens is 456 g/mol. The molecule has 2 atom stereocenters. The number of hydrogen-bond donors (Lipinski definition) is 4. The molecule has 6 rings (SSSR count). The van der Waals surface area contributed by atoms with Gasteiger partial charge >= 0.3 is 0 Å². The molecule has 0 saturated heterocycles. The Bertz CT molecular complexity index is 1500. The summed E-state index contributed by atoms with van der Waals surface area (Å²) in [5.41, 5.74) is 4.69. The molecule has 4 N–H and O–H groups in total. The third-order valence-corrected chi connectivity index (χ3v) is 5.94. The second kappa shape index (κ2) is 8.91. The average molecular weight is 479 g/mol. The van der Waals surface area contributed by atoms with Crippen LogP contribution >= 0.6 is 0 Å². The van der Waals surface area contributed by atoms with E-state index in [1.54, 1.807) is 57.9 Å². The fraction of sp³-hybridized carbons (Fsp3) is 0.0769. The fourth-order valence-electron chi connectivity index (χ4n) is 4.19. The van der Waals surface area contributed by atoms with E-state index in [0.29, 0.717) is 0 Å². The summed E-state index contributed by atoms with van der Waals surface area (Å²) in [6.45, 7) is 0. The molecular formula is C26H22N8O2. The molecule has 10 heteroatoms. The van der Waals surface area contributed by atoms with Crippen molar-refractivity contribution in [1.82, 2.24) is 30.0 Å². The average Bonchev–Trinajstić information content (AvgIpc) is 3.53. The molecule has 0 spiro atoms. The summed E-state index contributed by atoms with van der Waals surface area (Å²) in [6.07, 6.45) is -1.08. The highest BCUT2D eigenvalue weighted by atomic mass is 16.3. The molecule has 0 aliphatic carbocycles. The lowest BCUT2D eigenvalue weighted by molar-refractivity contribution is 0.347. The summed E-state index contributed by atoms with van der Waals surface area (Å²) >= 11 is 0. The zero-order valence-electron chi connectivity index (χ0n) is 19.0. The Hall–Kier alpha value is -5.12. The van der Waals surface area contributed by atoms with E-state index in [-0.39, 0.29) is 11.5 Å². The van der Waals surface area contributed by atoms with Gasteiger partial charge in [-0.15, -0.1) is 10.2 Å². The van der Waals surface area contributed by atoms with Gasteiger partial charge in [-0.2, -0.15) is 0 Å². The summed E-state index contributed by atoms with van der Waals surface area (Å²) in [6, 6.07) is 29.1. The minimum Gasteiger partial charge on any atom is -0.508 e. The van der Waals surface area contributed by atoms with Crippen molar-refractivity contribution in [3.63, 3.8) is 0 Å². The number of phenols is 2. The van der Waals surface area contributed by atoms with E-state index in [9.17, 15) is 10.2 Å². The molecule has 2 heterocycles. The number of aromatic nitrogens is 6. The van der Waals surface area contributed by atoms with Crippen LogP contribution in [0.5, 0.6) is 11.5 Å². The van der Waals surface area contributed by atoms with E-state index < -0.39 is 12.3 Å². The smallest absolute Gasteiger partial charge is 0.164 e.